The van der Waals surface area contributed by atoms with Crippen molar-refractivity contribution in [1.29, 1.82) is 0 Å². The van der Waals surface area contributed by atoms with E-state index in [4.69, 9.17) is 9.47 Å². The molecular formula is C22H24N2O3. The summed E-state index contributed by atoms with van der Waals surface area (Å²) in [5.41, 5.74) is 3.18. The highest BCUT2D eigenvalue weighted by molar-refractivity contribution is 5.84. The lowest BCUT2D eigenvalue weighted by Gasteiger charge is -2.14. The third kappa shape index (κ3) is 3.37. The van der Waals surface area contributed by atoms with Gasteiger partial charge >= 0.3 is 0 Å². The maximum Gasteiger partial charge on any atom is 0.258 e. The highest BCUT2D eigenvalue weighted by Crippen LogP contribution is 2.36. The van der Waals surface area contributed by atoms with Crippen molar-refractivity contribution >= 4 is 16.5 Å². The quantitative estimate of drug-likeness (QED) is 0.747. The second-order valence-corrected chi connectivity index (χ2v) is 7.02. The molecule has 0 saturated carbocycles. The Balaban J connectivity index is 1.63. The summed E-state index contributed by atoms with van der Waals surface area (Å²) in [5.74, 6) is 1.83. The molecule has 0 bridgehead atoms. The zero-order valence-corrected chi connectivity index (χ0v) is 15.9. The van der Waals surface area contributed by atoms with Crippen molar-refractivity contribution in [3.05, 3.63) is 64.1 Å². The van der Waals surface area contributed by atoms with Crippen molar-refractivity contribution in [3.8, 4) is 11.5 Å². The molecule has 5 nitrogen and oxygen atoms in total. The molecular weight excluding hydrogens is 340 g/mol. The molecule has 4 rings (SSSR count). The molecule has 0 aliphatic carbocycles. The molecule has 1 aliphatic heterocycles. The molecule has 2 heterocycles. The Labute approximate surface area is 158 Å². The van der Waals surface area contributed by atoms with Gasteiger partial charge in [-0.3, -0.25) is 4.79 Å². The Kier molecular flexibility index (Phi) is 4.52. The van der Waals surface area contributed by atoms with Crippen LogP contribution >= 0.6 is 0 Å². The molecule has 1 N–H and O–H groups in total. The maximum atomic E-state index is 12.4. The Hall–Kier alpha value is -2.95. The fourth-order valence-corrected chi connectivity index (χ4v) is 3.60. The van der Waals surface area contributed by atoms with E-state index in [1.54, 1.807) is 17.8 Å². The molecule has 1 aliphatic rings. The largest absolute Gasteiger partial charge is 0.494 e. The number of aryl methyl sites for hydroxylation is 1. The summed E-state index contributed by atoms with van der Waals surface area (Å²) in [7, 11) is 1.77. The van der Waals surface area contributed by atoms with Gasteiger partial charge in [0.2, 0.25) is 0 Å². The van der Waals surface area contributed by atoms with E-state index in [1.807, 2.05) is 37.3 Å². The van der Waals surface area contributed by atoms with E-state index in [1.165, 1.54) is 5.56 Å². The van der Waals surface area contributed by atoms with Crippen molar-refractivity contribution in [1.82, 2.24) is 4.57 Å². The zero-order valence-electron chi connectivity index (χ0n) is 15.9. The van der Waals surface area contributed by atoms with Crippen LogP contribution in [0.4, 0.5) is 5.69 Å². The van der Waals surface area contributed by atoms with Crippen LogP contribution in [0.2, 0.25) is 0 Å². The molecule has 0 radical (unpaired) electrons. The van der Waals surface area contributed by atoms with Gasteiger partial charge in [-0.25, -0.2) is 0 Å². The lowest BCUT2D eigenvalue weighted by atomic mass is 10.1. The molecule has 1 aromatic heterocycles. The second-order valence-electron chi connectivity index (χ2n) is 7.02. The Bertz CT molecular complexity index is 1060. The van der Waals surface area contributed by atoms with E-state index in [0.717, 1.165) is 34.6 Å². The second kappa shape index (κ2) is 6.99. The SMILES string of the molecule is CCOc1cc(CNc2ccc3ccn(C)c(=O)c3c2)c2c(c1)CC(C)O2. The first-order chi connectivity index (χ1) is 13.0. The number of hydrogen-bond donors (Lipinski definition) is 1. The molecule has 0 saturated heterocycles. The maximum absolute atomic E-state index is 12.4. The van der Waals surface area contributed by atoms with E-state index >= 15 is 0 Å². The fraction of sp³-hybridized carbons (Fsp3) is 0.318. The summed E-state index contributed by atoms with van der Waals surface area (Å²) in [6, 6.07) is 11.9. The van der Waals surface area contributed by atoms with Gasteiger partial charge in [-0.1, -0.05) is 6.07 Å². The lowest BCUT2D eigenvalue weighted by molar-refractivity contribution is 0.252. The Morgan fingerprint density at radius 2 is 2.11 bits per heavy atom. The molecule has 140 valence electrons. The summed E-state index contributed by atoms with van der Waals surface area (Å²) in [4.78, 5) is 12.4. The number of nitrogens with zero attached hydrogens (tertiary/aromatic N) is 1. The van der Waals surface area contributed by atoms with E-state index in [0.29, 0.717) is 18.5 Å². The summed E-state index contributed by atoms with van der Waals surface area (Å²) in [6.07, 6.45) is 2.87. The van der Waals surface area contributed by atoms with E-state index in [-0.39, 0.29) is 11.7 Å². The lowest BCUT2D eigenvalue weighted by Crippen LogP contribution is -2.15. The average Bonchev–Trinajstić information content (AvgIpc) is 3.03. The van der Waals surface area contributed by atoms with Crippen LogP contribution in [0.15, 0.2) is 47.4 Å². The number of anilines is 1. The smallest absolute Gasteiger partial charge is 0.258 e. The third-order valence-corrected chi connectivity index (χ3v) is 4.92. The minimum Gasteiger partial charge on any atom is -0.494 e. The van der Waals surface area contributed by atoms with E-state index < -0.39 is 0 Å². The van der Waals surface area contributed by atoms with Crippen LogP contribution < -0.4 is 20.3 Å². The number of benzene rings is 2. The first-order valence-electron chi connectivity index (χ1n) is 9.33. The van der Waals surface area contributed by atoms with Crippen LogP contribution in [0.25, 0.3) is 10.8 Å². The number of nitrogens with one attached hydrogen (secondary N) is 1. The normalized spacial score (nSPS) is 15.4. The minimum atomic E-state index is 0.00698. The van der Waals surface area contributed by atoms with Crippen LogP contribution in [0.1, 0.15) is 25.0 Å². The topological polar surface area (TPSA) is 52.5 Å². The first-order valence-corrected chi connectivity index (χ1v) is 9.33. The molecule has 0 spiro atoms. The summed E-state index contributed by atoms with van der Waals surface area (Å²) in [6.45, 7) is 5.31. The monoisotopic (exact) mass is 364 g/mol. The van der Waals surface area contributed by atoms with Crippen molar-refractivity contribution < 1.29 is 9.47 Å². The predicted molar refractivity (Wildman–Crippen MR) is 108 cm³/mol. The number of hydrogen-bond acceptors (Lipinski definition) is 4. The Morgan fingerprint density at radius 3 is 2.93 bits per heavy atom. The third-order valence-electron chi connectivity index (χ3n) is 4.92. The highest BCUT2D eigenvalue weighted by Gasteiger charge is 2.23. The van der Waals surface area contributed by atoms with Crippen LogP contribution in [0.5, 0.6) is 11.5 Å². The summed E-state index contributed by atoms with van der Waals surface area (Å²) < 4.78 is 13.3. The highest BCUT2D eigenvalue weighted by atomic mass is 16.5. The van der Waals surface area contributed by atoms with Crippen molar-refractivity contribution in [2.75, 3.05) is 11.9 Å². The molecule has 0 fully saturated rings. The summed E-state index contributed by atoms with van der Waals surface area (Å²) in [5, 5.41) is 5.09. The van der Waals surface area contributed by atoms with Crippen LogP contribution in [0.3, 0.4) is 0 Å². The molecule has 5 heteroatoms. The summed E-state index contributed by atoms with van der Waals surface area (Å²) >= 11 is 0. The van der Waals surface area contributed by atoms with Crippen molar-refractivity contribution in [2.24, 2.45) is 7.05 Å². The molecule has 1 atom stereocenters. The molecule has 3 aromatic rings. The molecule has 1 unspecified atom stereocenters. The number of rotatable bonds is 5. The average molecular weight is 364 g/mol. The van der Waals surface area contributed by atoms with Gasteiger partial charge < -0.3 is 19.4 Å². The Morgan fingerprint density at radius 1 is 1.26 bits per heavy atom. The zero-order chi connectivity index (χ0) is 19.0. The number of ether oxygens (including phenoxy) is 2. The van der Waals surface area contributed by atoms with Crippen molar-refractivity contribution in [2.45, 2.75) is 32.9 Å². The van der Waals surface area contributed by atoms with Crippen molar-refractivity contribution in [3.63, 3.8) is 0 Å². The minimum absolute atomic E-state index is 0.00698. The van der Waals surface area contributed by atoms with Gasteiger partial charge in [-0.15, -0.1) is 0 Å². The number of fused-ring (bicyclic) bond motifs is 2. The molecule has 0 amide bonds. The van der Waals surface area contributed by atoms with Crippen LogP contribution in [-0.4, -0.2) is 17.3 Å². The van der Waals surface area contributed by atoms with Crippen LogP contribution in [0, 0.1) is 0 Å². The van der Waals surface area contributed by atoms with E-state index in [9.17, 15) is 4.79 Å². The van der Waals surface area contributed by atoms with Gasteiger partial charge in [0.1, 0.15) is 17.6 Å². The van der Waals surface area contributed by atoms with Gasteiger partial charge in [0.25, 0.3) is 5.56 Å². The van der Waals surface area contributed by atoms with Gasteiger partial charge in [0.05, 0.1) is 6.61 Å². The first kappa shape index (κ1) is 17.5. The van der Waals surface area contributed by atoms with Gasteiger partial charge in [-0.2, -0.15) is 0 Å². The van der Waals surface area contributed by atoms with Crippen LogP contribution in [-0.2, 0) is 20.0 Å². The van der Waals surface area contributed by atoms with E-state index in [2.05, 4.69) is 18.3 Å². The molecule has 27 heavy (non-hydrogen) atoms. The molecule has 2 aromatic carbocycles. The van der Waals surface area contributed by atoms with Gasteiger partial charge in [0.15, 0.2) is 0 Å². The fourth-order valence-electron chi connectivity index (χ4n) is 3.60. The number of aromatic nitrogens is 1. The van der Waals surface area contributed by atoms with Gasteiger partial charge in [0, 0.05) is 48.4 Å². The predicted octanol–water partition coefficient (Wildman–Crippen LogP) is 3.87. The number of pyridine rings is 1. The standard InChI is InChI=1S/C22H24N2O3/c1-4-26-19-10-16-9-14(2)27-21(16)17(11-19)13-23-18-6-5-15-7-8-24(3)22(25)20(15)12-18/h5-8,10-12,14,23H,4,9,13H2,1-3H3. The van der Waals surface area contributed by atoms with Gasteiger partial charge in [-0.05, 0) is 49.6 Å².